The smallest absolute Gasteiger partial charge is 0.317 e. The third kappa shape index (κ3) is 5.57. The summed E-state index contributed by atoms with van der Waals surface area (Å²) in [6.45, 7) is 2.58. The highest BCUT2D eigenvalue weighted by Crippen LogP contribution is 2.15. The number of benzene rings is 1. The Bertz CT molecular complexity index is 643. The number of hydrogen-bond donors (Lipinski definition) is 1. The molecule has 0 saturated carbocycles. The molecule has 2 amide bonds. The number of nitrogens with one attached hydrogen (secondary N) is 1. The van der Waals surface area contributed by atoms with Gasteiger partial charge in [0.15, 0.2) is 0 Å². The van der Waals surface area contributed by atoms with Crippen LogP contribution >= 0.6 is 0 Å². The van der Waals surface area contributed by atoms with Gasteiger partial charge < -0.3 is 15.0 Å². The molecule has 25 heavy (non-hydrogen) atoms. The average Bonchev–Trinajstić information content (AvgIpc) is 3.16. The number of hydrogen-bond acceptors (Lipinski definition) is 3. The fraction of sp³-hybridized carbons (Fsp3) is 0.400. The van der Waals surface area contributed by atoms with E-state index in [1.165, 1.54) is 5.56 Å². The quantitative estimate of drug-likeness (QED) is 0.844. The summed E-state index contributed by atoms with van der Waals surface area (Å²) < 4.78 is 5.71. The van der Waals surface area contributed by atoms with Gasteiger partial charge in [-0.15, -0.1) is 0 Å². The van der Waals surface area contributed by atoms with Crippen LogP contribution in [0.4, 0.5) is 4.79 Å². The number of aromatic nitrogens is 1. The third-order valence-corrected chi connectivity index (χ3v) is 4.36. The number of carbonyl (C=O) groups is 1. The molecular formula is C20H25N3O2. The van der Waals surface area contributed by atoms with E-state index in [4.69, 9.17) is 4.74 Å². The molecular weight excluding hydrogens is 314 g/mol. The summed E-state index contributed by atoms with van der Waals surface area (Å²) in [5.74, 6) is 0. The van der Waals surface area contributed by atoms with E-state index < -0.39 is 0 Å². The number of rotatable bonds is 7. The van der Waals surface area contributed by atoms with E-state index in [-0.39, 0.29) is 12.1 Å². The minimum Gasteiger partial charge on any atom is -0.376 e. The Morgan fingerprint density at radius 2 is 2.04 bits per heavy atom. The SMILES string of the molecule is O=C(NCCc1ccccc1)N(Cc1cccnc1)C[C@@H]1CCCO1. The van der Waals surface area contributed by atoms with Crippen LogP contribution in [0.2, 0.25) is 0 Å². The lowest BCUT2D eigenvalue weighted by molar-refractivity contribution is 0.0795. The molecule has 1 aromatic heterocycles. The van der Waals surface area contributed by atoms with E-state index in [2.05, 4.69) is 22.4 Å². The fourth-order valence-corrected chi connectivity index (χ4v) is 3.04. The Morgan fingerprint density at radius 3 is 2.76 bits per heavy atom. The molecule has 1 N–H and O–H groups in total. The van der Waals surface area contributed by atoms with Gasteiger partial charge in [0, 0.05) is 38.6 Å². The van der Waals surface area contributed by atoms with Gasteiger partial charge in [-0.2, -0.15) is 0 Å². The second-order valence-electron chi connectivity index (χ2n) is 6.34. The van der Waals surface area contributed by atoms with Gasteiger partial charge in [0.1, 0.15) is 0 Å². The van der Waals surface area contributed by atoms with Crippen molar-refractivity contribution in [3.8, 4) is 0 Å². The van der Waals surface area contributed by atoms with Gasteiger partial charge in [0.2, 0.25) is 0 Å². The molecule has 0 bridgehead atoms. The molecule has 2 aromatic rings. The van der Waals surface area contributed by atoms with E-state index in [1.807, 2.05) is 35.2 Å². The van der Waals surface area contributed by atoms with E-state index in [9.17, 15) is 4.79 Å². The van der Waals surface area contributed by atoms with E-state index in [1.54, 1.807) is 12.4 Å². The summed E-state index contributed by atoms with van der Waals surface area (Å²) in [4.78, 5) is 18.6. The molecule has 5 heteroatoms. The maximum atomic E-state index is 12.7. The van der Waals surface area contributed by atoms with Crippen LogP contribution in [0.3, 0.4) is 0 Å². The molecule has 1 aliphatic heterocycles. The van der Waals surface area contributed by atoms with Crippen molar-refractivity contribution in [2.45, 2.75) is 31.9 Å². The monoisotopic (exact) mass is 339 g/mol. The number of nitrogens with zero attached hydrogens (tertiary/aromatic N) is 2. The standard InChI is InChI=1S/C20H25N3O2/c24-20(22-12-10-17-6-2-1-3-7-17)23(16-19-9-5-13-25-19)15-18-8-4-11-21-14-18/h1-4,6-8,11,14,19H,5,9-10,12-13,15-16H2,(H,22,24)/t19-/m0/s1. The molecule has 5 nitrogen and oxygen atoms in total. The summed E-state index contributed by atoms with van der Waals surface area (Å²) in [5, 5.41) is 3.04. The van der Waals surface area contributed by atoms with Crippen LogP contribution in [0.5, 0.6) is 0 Å². The lowest BCUT2D eigenvalue weighted by Crippen LogP contribution is -2.43. The molecule has 0 unspecified atom stereocenters. The third-order valence-electron chi connectivity index (χ3n) is 4.36. The molecule has 1 saturated heterocycles. The van der Waals surface area contributed by atoms with Gasteiger partial charge in [-0.1, -0.05) is 36.4 Å². The molecule has 0 spiro atoms. The van der Waals surface area contributed by atoms with Crippen LogP contribution in [-0.2, 0) is 17.7 Å². The van der Waals surface area contributed by atoms with Crippen molar-refractivity contribution < 1.29 is 9.53 Å². The Morgan fingerprint density at radius 1 is 1.20 bits per heavy atom. The van der Waals surface area contributed by atoms with Crippen LogP contribution in [0, 0.1) is 0 Å². The summed E-state index contributed by atoms with van der Waals surface area (Å²) in [5.41, 5.74) is 2.25. The first-order valence-electron chi connectivity index (χ1n) is 8.88. The topological polar surface area (TPSA) is 54.5 Å². The first-order valence-corrected chi connectivity index (χ1v) is 8.88. The Kier molecular flexibility index (Phi) is 6.40. The van der Waals surface area contributed by atoms with Crippen molar-refractivity contribution >= 4 is 6.03 Å². The first-order chi connectivity index (χ1) is 12.3. The Hall–Kier alpha value is -2.40. The highest BCUT2D eigenvalue weighted by Gasteiger charge is 2.22. The number of ether oxygens (including phenoxy) is 1. The van der Waals surface area contributed by atoms with E-state index in [0.717, 1.165) is 31.4 Å². The normalized spacial score (nSPS) is 16.6. The zero-order valence-electron chi connectivity index (χ0n) is 14.4. The predicted octanol–water partition coefficient (Wildman–Crippen LogP) is 3.01. The maximum Gasteiger partial charge on any atom is 0.317 e. The van der Waals surface area contributed by atoms with Crippen molar-refractivity contribution in [2.75, 3.05) is 19.7 Å². The van der Waals surface area contributed by atoms with E-state index >= 15 is 0 Å². The first kappa shape index (κ1) is 17.4. The molecule has 1 atom stereocenters. The Labute approximate surface area is 149 Å². The molecule has 2 heterocycles. The van der Waals surface area contributed by atoms with Gasteiger partial charge in [0.05, 0.1) is 6.10 Å². The maximum absolute atomic E-state index is 12.7. The lowest BCUT2D eigenvalue weighted by atomic mass is 10.1. The van der Waals surface area contributed by atoms with Gasteiger partial charge in [-0.25, -0.2) is 4.79 Å². The molecule has 0 radical (unpaired) electrons. The summed E-state index contributed by atoms with van der Waals surface area (Å²) >= 11 is 0. The predicted molar refractivity (Wildman–Crippen MR) is 97.2 cm³/mol. The number of carbonyl (C=O) groups excluding carboxylic acids is 1. The lowest BCUT2D eigenvalue weighted by Gasteiger charge is -2.25. The van der Waals surface area contributed by atoms with Crippen LogP contribution in [0.25, 0.3) is 0 Å². The summed E-state index contributed by atoms with van der Waals surface area (Å²) in [7, 11) is 0. The second-order valence-corrected chi connectivity index (χ2v) is 6.34. The van der Waals surface area contributed by atoms with Crippen LogP contribution in [0.1, 0.15) is 24.0 Å². The van der Waals surface area contributed by atoms with Crippen molar-refractivity contribution in [1.29, 1.82) is 0 Å². The van der Waals surface area contributed by atoms with Gasteiger partial charge in [-0.05, 0) is 36.5 Å². The zero-order chi connectivity index (χ0) is 17.3. The molecule has 1 aromatic carbocycles. The van der Waals surface area contributed by atoms with Crippen LogP contribution in [-0.4, -0.2) is 41.7 Å². The zero-order valence-corrected chi connectivity index (χ0v) is 14.4. The Balaban J connectivity index is 1.55. The van der Waals surface area contributed by atoms with Gasteiger partial charge in [-0.3, -0.25) is 4.98 Å². The fourth-order valence-electron chi connectivity index (χ4n) is 3.04. The van der Waals surface area contributed by atoms with E-state index in [0.29, 0.717) is 19.6 Å². The van der Waals surface area contributed by atoms with Crippen molar-refractivity contribution in [2.24, 2.45) is 0 Å². The summed E-state index contributed by atoms with van der Waals surface area (Å²) in [6.07, 6.45) is 6.60. The summed E-state index contributed by atoms with van der Waals surface area (Å²) in [6, 6.07) is 14.0. The molecule has 3 rings (SSSR count). The van der Waals surface area contributed by atoms with Gasteiger partial charge in [0.25, 0.3) is 0 Å². The number of amides is 2. The molecule has 1 aliphatic rings. The number of urea groups is 1. The van der Waals surface area contributed by atoms with Crippen LogP contribution in [0.15, 0.2) is 54.9 Å². The largest absolute Gasteiger partial charge is 0.376 e. The highest BCUT2D eigenvalue weighted by atomic mass is 16.5. The molecule has 0 aliphatic carbocycles. The highest BCUT2D eigenvalue weighted by molar-refractivity contribution is 5.74. The minimum absolute atomic E-state index is 0.0460. The van der Waals surface area contributed by atoms with Crippen molar-refractivity contribution in [1.82, 2.24) is 15.2 Å². The second kappa shape index (κ2) is 9.18. The van der Waals surface area contributed by atoms with Crippen molar-refractivity contribution in [3.63, 3.8) is 0 Å². The van der Waals surface area contributed by atoms with Crippen molar-refractivity contribution in [3.05, 3.63) is 66.0 Å². The number of pyridine rings is 1. The molecule has 132 valence electrons. The average molecular weight is 339 g/mol. The van der Waals surface area contributed by atoms with Crippen LogP contribution < -0.4 is 5.32 Å². The minimum atomic E-state index is -0.0460. The molecule has 1 fully saturated rings. The van der Waals surface area contributed by atoms with Gasteiger partial charge >= 0.3 is 6.03 Å².